The first-order chi connectivity index (χ1) is 16.2. The molecule has 0 saturated carbocycles. The summed E-state index contributed by atoms with van der Waals surface area (Å²) in [5.74, 6) is 1.17. The number of rotatable bonds is 6. The lowest BCUT2D eigenvalue weighted by Crippen LogP contribution is -2.31. The highest BCUT2D eigenvalue weighted by Gasteiger charge is 2.20. The highest BCUT2D eigenvalue weighted by Crippen LogP contribution is 2.31. The Kier molecular flexibility index (Phi) is 5.97. The predicted octanol–water partition coefficient (Wildman–Crippen LogP) is 4.12. The minimum atomic E-state index is -0.291. The molecule has 0 aliphatic carbocycles. The lowest BCUT2D eigenvalue weighted by molar-refractivity contribution is 0.0954. The number of H-pyrrole nitrogens is 1. The molecule has 5 rings (SSSR count). The number of nitrogens with zero attached hydrogens (tertiary/aromatic N) is 4. The fourth-order valence-electron chi connectivity index (χ4n) is 4.15. The Morgan fingerprint density at radius 1 is 1.03 bits per heavy atom. The van der Waals surface area contributed by atoms with Crippen molar-refractivity contribution in [1.29, 1.82) is 0 Å². The van der Waals surface area contributed by atoms with Crippen LogP contribution in [0.4, 0.5) is 10.2 Å². The summed E-state index contributed by atoms with van der Waals surface area (Å²) >= 11 is 0. The van der Waals surface area contributed by atoms with Crippen molar-refractivity contribution in [2.75, 3.05) is 24.5 Å². The second-order valence-electron chi connectivity index (χ2n) is 8.20. The number of aromatic nitrogens is 4. The van der Waals surface area contributed by atoms with Gasteiger partial charge in [-0.25, -0.2) is 19.3 Å². The van der Waals surface area contributed by atoms with Crippen molar-refractivity contribution in [2.45, 2.75) is 25.7 Å². The molecule has 1 aliphatic heterocycles. The van der Waals surface area contributed by atoms with E-state index in [-0.39, 0.29) is 11.7 Å². The summed E-state index contributed by atoms with van der Waals surface area (Å²) in [6.45, 7) is 2.32. The topological polar surface area (TPSA) is 86.8 Å². The number of hydrogen-bond donors (Lipinski definition) is 2. The smallest absolute Gasteiger partial charge is 0.251 e. The number of nitrogens with one attached hydrogen (secondary N) is 2. The molecule has 1 fully saturated rings. The lowest BCUT2D eigenvalue weighted by atomic mass is 10.1. The minimum Gasteiger partial charge on any atom is -0.355 e. The Morgan fingerprint density at radius 2 is 1.85 bits per heavy atom. The van der Waals surface area contributed by atoms with Crippen LogP contribution in [0.3, 0.4) is 0 Å². The van der Waals surface area contributed by atoms with Crippen molar-refractivity contribution < 1.29 is 9.18 Å². The van der Waals surface area contributed by atoms with Crippen molar-refractivity contribution in [1.82, 2.24) is 25.3 Å². The van der Waals surface area contributed by atoms with Gasteiger partial charge in [-0.3, -0.25) is 4.79 Å². The number of piperidine rings is 1. The molecule has 168 valence electrons. The standard InChI is InChI=1S/C25H25FN6O/c26-19-7-4-17(5-8-19)23-24(32-14-2-1-3-15-32)31-20-9-6-18(16-21(20)30-23)25(33)29-11-10-22-27-12-13-28-22/h4-9,12-13,16H,1-3,10-11,14-15H2,(H,27,28)(H,29,33). The highest BCUT2D eigenvalue weighted by atomic mass is 19.1. The van der Waals surface area contributed by atoms with Crippen LogP contribution in [-0.4, -0.2) is 45.5 Å². The average molecular weight is 445 g/mol. The number of fused-ring (bicyclic) bond motifs is 1. The van der Waals surface area contributed by atoms with E-state index in [9.17, 15) is 9.18 Å². The van der Waals surface area contributed by atoms with Crippen LogP contribution in [0.15, 0.2) is 54.9 Å². The quantitative estimate of drug-likeness (QED) is 0.467. The van der Waals surface area contributed by atoms with E-state index in [1.807, 2.05) is 6.07 Å². The van der Waals surface area contributed by atoms with Gasteiger partial charge in [0.1, 0.15) is 17.3 Å². The van der Waals surface area contributed by atoms with Crippen molar-refractivity contribution >= 4 is 22.8 Å². The molecule has 3 heterocycles. The molecule has 0 bridgehead atoms. The maximum Gasteiger partial charge on any atom is 0.251 e. The van der Waals surface area contributed by atoms with Crippen LogP contribution in [0.2, 0.25) is 0 Å². The number of carbonyl (C=O) groups excluding carboxylic acids is 1. The third-order valence-electron chi connectivity index (χ3n) is 5.88. The van der Waals surface area contributed by atoms with Gasteiger partial charge in [0.05, 0.1) is 11.0 Å². The Labute approximate surface area is 191 Å². The molecule has 1 saturated heterocycles. The van der Waals surface area contributed by atoms with Crippen molar-refractivity contribution in [3.8, 4) is 11.3 Å². The van der Waals surface area contributed by atoms with E-state index < -0.39 is 0 Å². The van der Waals surface area contributed by atoms with Crippen molar-refractivity contribution in [2.24, 2.45) is 0 Å². The van der Waals surface area contributed by atoms with Crippen molar-refractivity contribution in [3.63, 3.8) is 0 Å². The van der Waals surface area contributed by atoms with E-state index >= 15 is 0 Å². The molecule has 2 N–H and O–H groups in total. The van der Waals surface area contributed by atoms with Gasteiger partial charge in [-0.15, -0.1) is 0 Å². The number of carbonyl (C=O) groups is 1. The Morgan fingerprint density at radius 3 is 2.61 bits per heavy atom. The first-order valence-corrected chi connectivity index (χ1v) is 11.3. The van der Waals surface area contributed by atoms with Crippen LogP contribution in [-0.2, 0) is 6.42 Å². The number of amides is 1. The molecular weight excluding hydrogens is 419 g/mol. The van der Waals surface area contributed by atoms with E-state index in [1.165, 1.54) is 18.6 Å². The molecular formula is C25H25FN6O. The average Bonchev–Trinajstić information content (AvgIpc) is 3.37. The number of imidazole rings is 1. The van der Waals surface area contributed by atoms with Crippen LogP contribution in [0.1, 0.15) is 35.4 Å². The summed E-state index contributed by atoms with van der Waals surface area (Å²) in [7, 11) is 0. The summed E-state index contributed by atoms with van der Waals surface area (Å²) in [5, 5.41) is 2.92. The first-order valence-electron chi connectivity index (χ1n) is 11.3. The second-order valence-corrected chi connectivity index (χ2v) is 8.20. The van der Waals surface area contributed by atoms with Crippen LogP contribution in [0, 0.1) is 5.82 Å². The third-order valence-corrected chi connectivity index (χ3v) is 5.88. The van der Waals surface area contributed by atoms with Crippen LogP contribution in [0.25, 0.3) is 22.3 Å². The summed E-state index contributed by atoms with van der Waals surface area (Å²) in [5.41, 5.74) is 3.40. The zero-order chi connectivity index (χ0) is 22.6. The molecule has 33 heavy (non-hydrogen) atoms. The molecule has 2 aromatic heterocycles. The molecule has 1 amide bonds. The van der Waals surface area contributed by atoms with Gasteiger partial charge in [0.2, 0.25) is 0 Å². The van der Waals surface area contributed by atoms with Crippen LogP contribution < -0.4 is 10.2 Å². The highest BCUT2D eigenvalue weighted by molar-refractivity contribution is 5.98. The molecule has 7 nitrogen and oxygen atoms in total. The maximum absolute atomic E-state index is 13.5. The van der Waals surface area contributed by atoms with E-state index in [1.54, 1.807) is 36.7 Å². The Hall–Kier alpha value is -3.81. The Balaban J connectivity index is 1.46. The van der Waals surface area contributed by atoms with Gasteiger partial charge >= 0.3 is 0 Å². The fourth-order valence-corrected chi connectivity index (χ4v) is 4.15. The number of aromatic amines is 1. The van der Waals surface area contributed by atoms with Gasteiger partial charge < -0.3 is 15.2 Å². The number of hydrogen-bond acceptors (Lipinski definition) is 5. The number of benzene rings is 2. The van der Waals surface area contributed by atoms with Gasteiger partial charge in [-0.1, -0.05) is 0 Å². The largest absolute Gasteiger partial charge is 0.355 e. The van der Waals surface area contributed by atoms with Gasteiger partial charge in [0, 0.05) is 49.6 Å². The molecule has 1 aliphatic rings. The van der Waals surface area contributed by atoms with Gasteiger partial charge in [0.15, 0.2) is 5.82 Å². The number of halogens is 1. The zero-order valence-electron chi connectivity index (χ0n) is 18.2. The summed E-state index contributed by atoms with van der Waals surface area (Å²) in [6.07, 6.45) is 7.51. The molecule has 4 aromatic rings. The normalized spacial score (nSPS) is 13.9. The predicted molar refractivity (Wildman–Crippen MR) is 126 cm³/mol. The van der Waals surface area contributed by atoms with Gasteiger partial charge in [0.25, 0.3) is 5.91 Å². The van der Waals surface area contributed by atoms with E-state index in [0.29, 0.717) is 29.7 Å². The number of anilines is 1. The zero-order valence-corrected chi connectivity index (χ0v) is 18.2. The fraction of sp³-hybridized carbons (Fsp3) is 0.280. The second kappa shape index (κ2) is 9.36. The lowest BCUT2D eigenvalue weighted by Gasteiger charge is -2.29. The summed E-state index contributed by atoms with van der Waals surface area (Å²) < 4.78 is 13.5. The molecule has 0 unspecified atom stereocenters. The maximum atomic E-state index is 13.5. The SMILES string of the molecule is O=C(NCCc1ncc[nH]1)c1ccc2nc(N3CCCCC3)c(-c3ccc(F)cc3)nc2c1. The minimum absolute atomic E-state index is 0.173. The molecule has 8 heteroatoms. The molecule has 0 spiro atoms. The van der Waals surface area contributed by atoms with Crippen LogP contribution in [0.5, 0.6) is 0 Å². The van der Waals surface area contributed by atoms with E-state index in [4.69, 9.17) is 9.97 Å². The van der Waals surface area contributed by atoms with E-state index in [0.717, 1.165) is 48.7 Å². The molecule has 2 aromatic carbocycles. The molecule has 0 radical (unpaired) electrons. The van der Waals surface area contributed by atoms with Crippen molar-refractivity contribution in [3.05, 3.63) is 72.1 Å². The summed E-state index contributed by atoms with van der Waals surface area (Å²) in [4.78, 5) is 31.9. The first kappa shape index (κ1) is 21.1. The Bertz CT molecular complexity index is 1250. The van der Waals surface area contributed by atoms with Crippen LogP contribution >= 0.6 is 0 Å². The summed E-state index contributed by atoms with van der Waals surface area (Å²) in [6, 6.07) is 11.7. The third kappa shape index (κ3) is 4.69. The van der Waals surface area contributed by atoms with E-state index in [2.05, 4.69) is 20.2 Å². The van der Waals surface area contributed by atoms with Gasteiger partial charge in [-0.2, -0.15) is 0 Å². The molecule has 0 atom stereocenters. The monoisotopic (exact) mass is 444 g/mol. The van der Waals surface area contributed by atoms with Gasteiger partial charge in [-0.05, 0) is 61.7 Å².